The molecule has 0 aliphatic carbocycles. The maximum absolute atomic E-state index is 12.3. The summed E-state index contributed by atoms with van der Waals surface area (Å²) < 4.78 is 5.74. The molecular formula is C22H30N4O3. The molecule has 1 aliphatic heterocycles. The second-order valence-electron chi connectivity index (χ2n) is 7.48. The number of hydrogen-bond acceptors (Lipinski definition) is 5. The molecule has 1 aromatic heterocycles. The summed E-state index contributed by atoms with van der Waals surface area (Å²) in [5.74, 6) is 1.11. The van der Waals surface area contributed by atoms with Gasteiger partial charge in [-0.1, -0.05) is 24.6 Å². The van der Waals surface area contributed by atoms with E-state index in [1.807, 2.05) is 43.0 Å². The molecule has 156 valence electrons. The van der Waals surface area contributed by atoms with E-state index in [4.69, 9.17) is 4.42 Å². The molecule has 3 rings (SSSR count). The zero-order chi connectivity index (χ0) is 20.8. The van der Waals surface area contributed by atoms with Crippen LogP contribution in [0.1, 0.15) is 30.4 Å². The molecule has 0 spiro atoms. The molecule has 2 amide bonds. The van der Waals surface area contributed by atoms with Gasteiger partial charge in [-0.05, 0) is 32.5 Å². The highest BCUT2D eigenvalue weighted by molar-refractivity contribution is 5.80. The second kappa shape index (κ2) is 9.69. The van der Waals surface area contributed by atoms with Gasteiger partial charge in [-0.15, -0.1) is 0 Å². The summed E-state index contributed by atoms with van der Waals surface area (Å²) in [6.45, 7) is 10.7. The van der Waals surface area contributed by atoms with Crippen molar-refractivity contribution in [1.82, 2.24) is 20.1 Å². The standard InChI is InChI=1S/C22H30N4O3/c1-4-25-10-12-26(13-11-25)21(28)8-9-23-20(27)15-19-17(3)29-22(24-19)18-7-5-6-16(2)14-18/h5-7,14H,4,8-13,15H2,1-3H3,(H,23,27). The predicted octanol–water partition coefficient (Wildman–Crippen LogP) is 2.17. The van der Waals surface area contributed by atoms with E-state index in [-0.39, 0.29) is 18.2 Å². The lowest BCUT2D eigenvalue weighted by Gasteiger charge is -2.34. The Morgan fingerprint density at radius 3 is 2.62 bits per heavy atom. The molecule has 0 bridgehead atoms. The molecule has 0 saturated carbocycles. The zero-order valence-electron chi connectivity index (χ0n) is 17.5. The van der Waals surface area contributed by atoms with Crippen LogP contribution < -0.4 is 5.32 Å². The smallest absolute Gasteiger partial charge is 0.226 e. The van der Waals surface area contributed by atoms with E-state index < -0.39 is 0 Å². The SMILES string of the molecule is CCN1CCN(C(=O)CCNC(=O)Cc2nc(-c3cccc(C)c3)oc2C)CC1. The van der Waals surface area contributed by atoms with Crippen LogP contribution in [0.4, 0.5) is 0 Å². The van der Waals surface area contributed by atoms with E-state index >= 15 is 0 Å². The Kier molecular flexibility index (Phi) is 7.04. The monoisotopic (exact) mass is 398 g/mol. The lowest BCUT2D eigenvalue weighted by molar-refractivity contribution is -0.132. The minimum Gasteiger partial charge on any atom is -0.441 e. The number of benzene rings is 1. The van der Waals surface area contributed by atoms with Crippen molar-refractivity contribution < 1.29 is 14.0 Å². The summed E-state index contributed by atoms with van der Waals surface area (Å²) in [7, 11) is 0. The van der Waals surface area contributed by atoms with Crippen molar-refractivity contribution in [2.45, 2.75) is 33.6 Å². The Hall–Kier alpha value is -2.67. The quantitative estimate of drug-likeness (QED) is 0.773. The summed E-state index contributed by atoms with van der Waals surface area (Å²) in [6, 6.07) is 7.91. The Morgan fingerprint density at radius 1 is 1.17 bits per heavy atom. The van der Waals surface area contributed by atoms with Gasteiger partial charge in [0.05, 0.1) is 12.1 Å². The average Bonchev–Trinajstić information content (AvgIpc) is 3.08. The van der Waals surface area contributed by atoms with Crippen molar-refractivity contribution in [3.8, 4) is 11.5 Å². The molecule has 29 heavy (non-hydrogen) atoms. The van der Waals surface area contributed by atoms with Crippen molar-refractivity contribution in [2.75, 3.05) is 39.3 Å². The van der Waals surface area contributed by atoms with Crippen molar-refractivity contribution in [2.24, 2.45) is 0 Å². The summed E-state index contributed by atoms with van der Waals surface area (Å²) in [5.41, 5.74) is 2.65. The molecular weight excluding hydrogens is 368 g/mol. The predicted molar refractivity (Wildman–Crippen MR) is 111 cm³/mol. The normalized spacial score (nSPS) is 14.8. The molecule has 1 N–H and O–H groups in total. The van der Waals surface area contributed by atoms with Gasteiger partial charge in [0.1, 0.15) is 5.76 Å². The second-order valence-corrected chi connectivity index (χ2v) is 7.48. The van der Waals surface area contributed by atoms with Crippen LogP contribution in [0.2, 0.25) is 0 Å². The van der Waals surface area contributed by atoms with Gasteiger partial charge >= 0.3 is 0 Å². The molecule has 1 aromatic carbocycles. The largest absolute Gasteiger partial charge is 0.441 e. The van der Waals surface area contributed by atoms with Crippen LogP contribution in [0.3, 0.4) is 0 Å². The number of aromatic nitrogens is 1. The highest BCUT2D eigenvalue weighted by Crippen LogP contribution is 2.22. The molecule has 1 fully saturated rings. The van der Waals surface area contributed by atoms with Crippen molar-refractivity contribution in [1.29, 1.82) is 0 Å². The van der Waals surface area contributed by atoms with Crippen molar-refractivity contribution in [3.63, 3.8) is 0 Å². The number of aryl methyl sites for hydroxylation is 2. The van der Waals surface area contributed by atoms with Gasteiger partial charge in [-0.3, -0.25) is 9.59 Å². The van der Waals surface area contributed by atoms with Gasteiger partial charge in [-0.2, -0.15) is 0 Å². The zero-order valence-corrected chi connectivity index (χ0v) is 17.5. The summed E-state index contributed by atoms with van der Waals surface area (Å²) in [6.07, 6.45) is 0.467. The fourth-order valence-electron chi connectivity index (χ4n) is 3.49. The van der Waals surface area contributed by atoms with Gasteiger partial charge in [0.25, 0.3) is 0 Å². The molecule has 2 aromatic rings. The Bertz CT molecular complexity index is 853. The maximum Gasteiger partial charge on any atom is 0.226 e. The Morgan fingerprint density at radius 2 is 1.93 bits per heavy atom. The fraction of sp³-hybridized carbons (Fsp3) is 0.500. The molecule has 7 nitrogen and oxygen atoms in total. The van der Waals surface area contributed by atoms with Crippen LogP contribution in [0, 0.1) is 13.8 Å². The number of nitrogens with zero attached hydrogens (tertiary/aromatic N) is 3. The van der Waals surface area contributed by atoms with Crippen LogP contribution in [-0.4, -0.2) is 65.9 Å². The Balaban J connectivity index is 1.46. The molecule has 0 radical (unpaired) electrons. The minimum atomic E-state index is -0.152. The first-order chi connectivity index (χ1) is 14.0. The first-order valence-corrected chi connectivity index (χ1v) is 10.3. The molecule has 7 heteroatoms. The number of nitrogens with one attached hydrogen (secondary N) is 1. The third-order valence-electron chi connectivity index (χ3n) is 5.32. The maximum atomic E-state index is 12.3. The van der Waals surface area contributed by atoms with E-state index in [1.165, 1.54) is 0 Å². The molecule has 1 aliphatic rings. The number of piperazine rings is 1. The fourth-order valence-corrected chi connectivity index (χ4v) is 3.49. The highest BCUT2D eigenvalue weighted by Gasteiger charge is 2.20. The van der Waals surface area contributed by atoms with Crippen LogP contribution in [0.15, 0.2) is 28.7 Å². The van der Waals surface area contributed by atoms with Gasteiger partial charge in [0.2, 0.25) is 17.7 Å². The summed E-state index contributed by atoms with van der Waals surface area (Å²) in [5, 5.41) is 2.83. The number of likely N-dealkylation sites (N-methyl/N-ethyl adjacent to an activating group) is 1. The average molecular weight is 399 g/mol. The van der Waals surface area contributed by atoms with E-state index in [1.54, 1.807) is 0 Å². The molecule has 0 unspecified atom stereocenters. The topological polar surface area (TPSA) is 78.7 Å². The summed E-state index contributed by atoms with van der Waals surface area (Å²) in [4.78, 5) is 33.3. The number of carbonyl (C=O) groups is 2. The number of rotatable bonds is 7. The van der Waals surface area contributed by atoms with Crippen LogP contribution in [-0.2, 0) is 16.0 Å². The molecule has 1 saturated heterocycles. The minimum absolute atomic E-state index is 0.0976. The third kappa shape index (κ3) is 5.67. The van der Waals surface area contributed by atoms with Crippen LogP contribution >= 0.6 is 0 Å². The lowest BCUT2D eigenvalue weighted by Crippen LogP contribution is -2.49. The highest BCUT2D eigenvalue weighted by atomic mass is 16.4. The third-order valence-corrected chi connectivity index (χ3v) is 5.32. The number of carbonyl (C=O) groups excluding carboxylic acids is 2. The van der Waals surface area contributed by atoms with Crippen LogP contribution in [0.5, 0.6) is 0 Å². The van der Waals surface area contributed by atoms with E-state index in [9.17, 15) is 9.59 Å². The number of oxazole rings is 1. The van der Waals surface area contributed by atoms with Crippen molar-refractivity contribution >= 4 is 11.8 Å². The van der Waals surface area contributed by atoms with Crippen molar-refractivity contribution in [3.05, 3.63) is 41.3 Å². The number of hydrogen-bond donors (Lipinski definition) is 1. The lowest BCUT2D eigenvalue weighted by atomic mass is 10.1. The van der Waals surface area contributed by atoms with E-state index in [0.717, 1.165) is 43.9 Å². The number of amides is 2. The first kappa shape index (κ1) is 21.0. The van der Waals surface area contributed by atoms with Gasteiger partial charge in [0, 0.05) is 44.7 Å². The van der Waals surface area contributed by atoms with Gasteiger partial charge in [0.15, 0.2) is 0 Å². The molecule has 2 heterocycles. The first-order valence-electron chi connectivity index (χ1n) is 10.3. The van der Waals surface area contributed by atoms with Crippen LogP contribution in [0.25, 0.3) is 11.5 Å². The summed E-state index contributed by atoms with van der Waals surface area (Å²) >= 11 is 0. The van der Waals surface area contributed by atoms with Gasteiger partial charge < -0.3 is 19.5 Å². The van der Waals surface area contributed by atoms with Gasteiger partial charge in [-0.25, -0.2) is 4.98 Å². The molecule has 0 atom stereocenters. The van der Waals surface area contributed by atoms with E-state index in [2.05, 4.69) is 22.1 Å². The van der Waals surface area contributed by atoms with E-state index in [0.29, 0.717) is 30.3 Å². The Labute approximate surface area is 172 Å².